The smallest absolute Gasteiger partial charge is 0.370 e. The highest BCUT2D eigenvalue weighted by molar-refractivity contribution is 5.40. The van der Waals surface area contributed by atoms with Crippen LogP contribution in [0.1, 0.15) is 64.6 Å². The van der Waals surface area contributed by atoms with E-state index >= 15 is 0 Å². The number of ether oxygens (including phenoxy) is 1. The highest BCUT2D eigenvalue weighted by Crippen LogP contribution is 2.42. The van der Waals surface area contributed by atoms with E-state index in [4.69, 9.17) is 4.74 Å². The molecule has 1 aromatic heterocycles. The third-order valence-electron chi connectivity index (χ3n) is 6.21. The van der Waals surface area contributed by atoms with Crippen LogP contribution in [0.4, 0.5) is 30.7 Å². The lowest BCUT2D eigenvalue weighted by Crippen LogP contribution is -2.31. The molecule has 2 nitrogen and oxygen atoms in total. The maximum absolute atomic E-state index is 13.6. The van der Waals surface area contributed by atoms with Gasteiger partial charge in [0.25, 0.3) is 0 Å². The molecule has 0 unspecified atom stereocenters. The number of rotatable bonds is 4. The highest BCUT2D eigenvalue weighted by Gasteiger charge is 2.38. The van der Waals surface area contributed by atoms with Gasteiger partial charge in [0.1, 0.15) is 5.82 Å². The van der Waals surface area contributed by atoms with E-state index in [1.165, 1.54) is 19.1 Å². The van der Waals surface area contributed by atoms with Crippen molar-refractivity contribution < 1.29 is 35.5 Å². The highest BCUT2D eigenvalue weighted by atomic mass is 19.4. The zero-order valence-corrected chi connectivity index (χ0v) is 18.8. The van der Waals surface area contributed by atoms with Gasteiger partial charge in [-0.1, -0.05) is 18.2 Å². The molecule has 1 aliphatic carbocycles. The Hall–Kier alpha value is -2.94. The summed E-state index contributed by atoms with van der Waals surface area (Å²) in [5, 5.41) is 0. The summed E-state index contributed by atoms with van der Waals surface area (Å²) >= 11 is 0. The summed E-state index contributed by atoms with van der Waals surface area (Å²) in [6, 6.07) is 11.0. The Morgan fingerprint density at radius 1 is 0.886 bits per heavy atom. The predicted molar refractivity (Wildman–Crippen MR) is 115 cm³/mol. The molecule has 4 rings (SSSR count). The number of benzene rings is 2. The molecule has 3 aromatic rings. The van der Waals surface area contributed by atoms with Crippen LogP contribution in [0.15, 0.2) is 54.6 Å². The quantitative estimate of drug-likeness (QED) is 0.343. The van der Waals surface area contributed by atoms with Gasteiger partial charge in [0, 0.05) is 17.3 Å². The fourth-order valence-electron chi connectivity index (χ4n) is 4.52. The molecule has 9 heteroatoms. The van der Waals surface area contributed by atoms with Crippen LogP contribution in [0.25, 0.3) is 0 Å². The van der Waals surface area contributed by atoms with Gasteiger partial charge < -0.3 is 4.74 Å². The van der Waals surface area contributed by atoms with Gasteiger partial charge in [0.05, 0.1) is 23.3 Å². The second-order valence-electron chi connectivity index (χ2n) is 8.71. The number of hydrogen-bond donors (Lipinski definition) is 0. The van der Waals surface area contributed by atoms with Crippen LogP contribution in [-0.4, -0.2) is 11.1 Å². The second-order valence-corrected chi connectivity index (χ2v) is 8.71. The minimum Gasteiger partial charge on any atom is -0.370 e. The van der Waals surface area contributed by atoms with Crippen molar-refractivity contribution in [1.29, 1.82) is 0 Å². The number of halogens is 7. The fraction of sp³-hybridized carbons (Fsp3) is 0.346. The van der Waals surface area contributed by atoms with Gasteiger partial charge >= 0.3 is 12.4 Å². The van der Waals surface area contributed by atoms with Crippen LogP contribution >= 0.6 is 0 Å². The third-order valence-corrected chi connectivity index (χ3v) is 6.21. The lowest BCUT2D eigenvalue weighted by Gasteiger charge is -2.35. The second kappa shape index (κ2) is 9.26. The average Bonchev–Trinajstić information content (AvgIpc) is 2.78. The first-order valence-electron chi connectivity index (χ1n) is 11.0. The zero-order valence-electron chi connectivity index (χ0n) is 18.8. The maximum atomic E-state index is 13.6. The molecule has 0 fully saturated rings. The Morgan fingerprint density at radius 3 is 2.06 bits per heavy atom. The Kier molecular flexibility index (Phi) is 6.66. The number of fused-ring (bicyclic) bond motifs is 1. The Bertz CT molecular complexity index is 1170. The third kappa shape index (κ3) is 5.50. The molecule has 35 heavy (non-hydrogen) atoms. The first kappa shape index (κ1) is 25.2. The van der Waals surface area contributed by atoms with Gasteiger partial charge in [-0.3, -0.25) is 4.98 Å². The van der Waals surface area contributed by atoms with Gasteiger partial charge in [-0.2, -0.15) is 26.3 Å². The van der Waals surface area contributed by atoms with Crippen molar-refractivity contribution in [1.82, 2.24) is 4.98 Å². The first-order chi connectivity index (χ1) is 16.3. The molecule has 0 spiro atoms. The van der Waals surface area contributed by atoms with E-state index in [-0.39, 0.29) is 11.6 Å². The Balaban J connectivity index is 1.71. The van der Waals surface area contributed by atoms with Crippen LogP contribution < -0.4 is 0 Å². The van der Waals surface area contributed by atoms with E-state index in [0.717, 1.165) is 22.5 Å². The van der Waals surface area contributed by atoms with Crippen molar-refractivity contribution in [3.63, 3.8) is 0 Å². The van der Waals surface area contributed by atoms with Gasteiger partial charge in [-0.05, 0) is 79.8 Å². The van der Waals surface area contributed by atoms with Gasteiger partial charge in [-0.15, -0.1) is 0 Å². The summed E-state index contributed by atoms with van der Waals surface area (Å²) in [6.07, 6.45) is -10.6. The minimum atomic E-state index is -4.94. The molecule has 2 aromatic carbocycles. The number of alkyl halides is 6. The molecule has 0 amide bonds. The fourth-order valence-corrected chi connectivity index (χ4v) is 4.52. The first-order valence-corrected chi connectivity index (χ1v) is 11.0. The maximum Gasteiger partial charge on any atom is 0.416 e. The predicted octanol–water partition coefficient (Wildman–Crippen LogP) is 7.79. The molecule has 0 saturated carbocycles. The molecular weight excluding hydrogens is 475 g/mol. The molecular formula is C26H22F7NO. The van der Waals surface area contributed by atoms with Crippen LogP contribution in [0.5, 0.6) is 0 Å². The van der Waals surface area contributed by atoms with E-state index in [0.29, 0.717) is 25.0 Å². The average molecular weight is 497 g/mol. The van der Waals surface area contributed by atoms with Gasteiger partial charge in [-0.25, -0.2) is 4.39 Å². The monoisotopic (exact) mass is 497 g/mol. The lowest BCUT2D eigenvalue weighted by atomic mass is 9.78. The van der Waals surface area contributed by atoms with E-state index in [2.05, 4.69) is 4.98 Å². The summed E-state index contributed by atoms with van der Waals surface area (Å²) < 4.78 is 99.7. The van der Waals surface area contributed by atoms with Gasteiger partial charge in [0.2, 0.25) is 0 Å². The van der Waals surface area contributed by atoms with Crippen LogP contribution in [0.3, 0.4) is 0 Å². The van der Waals surface area contributed by atoms with Crippen molar-refractivity contribution in [3.05, 3.63) is 99.6 Å². The molecule has 1 heterocycles. The van der Waals surface area contributed by atoms with E-state index < -0.39 is 47.4 Å². The van der Waals surface area contributed by atoms with E-state index in [9.17, 15) is 30.7 Å². The molecule has 1 aliphatic rings. The molecule has 0 aliphatic heterocycles. The molecule has 3 atom stereocenters. The zero-order chi connectivity index (χ0) is 25.5. The summed E-state index contributed by atoms with van der Waals surface area (Å²) in [7, 11) is 0. The molecule has 0 bridgehead atoms. The van der Waals surface area contributed by atoms with Crippen molar-refractivity contribution in [2.24, 2.45) is 0 Å². The SMILES string of the molecule is Cc1ccc2c(n1)CC[C@H](O[C@H](C)c1cc(C(F)(F)F)cc(C(F)(F)F)c1)[C@H]2c1ccc(F)cc1. The van der Waals surface area contributed by atoms with Gasteiger partial charge in [0.15, 0.2) is 0 Å². The summed E-state index contributed by atoms with van der Waals surface area (Å²) in [5.41, 5.74) is 0.213. The molecule has 186 valence electrons. The number of nitrogens with zero attached hydrogens (tertiary/aromatic N) is 1. The summed E-state index contributed by atoms with van der Waals surface area (Å²) in [5.74, 6) is -0.843. The summed E-state index contributed by atoms with van der Waals surface area (Å²) in [6.45, 7) is 3.28. The number of pyridine rings is 1. The standard InChI is InChI=1S/C26H22F7NO/c1-14-3-8-21-22(34-14)9-10-23(24(21)16-4-6-20(27)7-5-16)35-15(2)17-11-18(25(28,29)30)13-19(12-17)26(31,32)33/h3-8,11-13,15,23-24H,9-10H2,1-2H3/t15-,23+,24+/m1/s1. The van der Waals surface area contributed by atoms with E-state index in [1.54, 1.807) is 12.1 Å². The van der Waals surface area contributed by atoms with Crippen LogP contribution in [0.2, 0.25) is 0 Å². The van der Waals surface area contributed by atoms with Crippen molar-refractivity contribution >= 4 is 0 Å². The topological polar surface area (TPSA) is 22.1 Å². The normalized spacial score (nSPS) is 19.3. The minimum absolute atomic E-state index is 0.0996. The molecule has 0 N–H and O–H groups in total. The Morgan fingerprint density at radius 2 is 1.49 bits per heavy atom. The largest absolute Gasteiger partial charge is 0.416 e. The van der Waals surface area contributed by atoms with Crippen LogP contribution in [0, 0.1) is 12.7 Å². The number of aromatic nitrogens is 1. The van der Waals surface area contributed by atoms with Crippen LogP contribution in [-0.2, 0) is 23.5 Å². The van der Waals surface area contributed by atoms with Crippen molar-refractivity contribution in [3.8, 4) is 0 Å². The number of aryl methyl sites for hydroxylation is 2. The summed E-state index contributed by atoms with van der Waals surface area (Å²) in [4.78, 5) is 4.58. The van der Waals surface area contributed by atoms with Crippen molar-refractivity contribution in [2.75, 3.05) is 0 Å². The molecule has 0 radical (unpaired) electrons. The van der Waals surface area contributed by atoms with E-state index in [1.807, 2.05) is 19.1 Å². The lowest BCUT2D eigenvalue weighted by molar-refractivity contribution is -0.143. The molecule has 0 saturated heterocycles. The number of hydrogen-bond acceptors (Lipinski definition) is 2. The van der Waals surface area contributed by atoms with Crippen molar-refractivity contribution in [2.45, 2.75) is 57.2 Å². The Labute approximate surface area is 197 Å².